The van der Waals surface area contributed by atoms with E-state index in [1.807, 2.05) is 38.1 Å². The van der Waals surface area contributed by atoms with Crippen molar-refractivity contribution in [2.75, 3.05) is 6.61 Å². The molecule has 0 aliphatic rings. The summed E-state index contributed by atoms with van der Waals surface area (Å²) in [6.45, 7) is 7.29. The Bertz CT molecular complexity index is 948. The quantitative estimate of drug-likeness (QED) is 0.403. The standard InChI is InChI=1S/C24H32O6/c1-16(6-5-7-17(2)14-20(25)23(27)24(3,4)28)12-13-29-19-10-8-18-9-11-22(26)30-21(18)15-19/h7-12,15,20,23,25,27-28H,5-6,13-14H2,1-4H3/t20-,23-/m0/s1. The van der Waals surface area contributed by atoms with E-state index in [1.165, 1.54) is 25.5 Å². The molecule has 0 radical (unpaired) electrons. The average Bonchev–Trinajstić information content (AvgIpc) is 2.66. The highest BCUT2D eigenvalue weighted by molar-refractivity contribution is 5.77. The Kier molecular flexibility index (Phi) is 8.41. The molecule has 1 aromatic heterocycles. The van der Waals surface area contributed by atoms with E-state index in [4.69, 9.17) is 9.15 Å². The topological polar surface area (TPSA) is 100 Å². The Labute approximate surface area is 177 Å². The van der Waals surface area contributed by atoms with Gasteiger partial charge in [0.05, 0.1) is 11.7 Å². The fourth-order valence-electron chi connectivity index (χ4n) is 3.05. The summed E-state index contributed by atoms with van der Waals surface area (Å²) < 4.78 is 10.9. The second kappa shape index (κ2) is 10.6. The van der Waals surface area contributed by atoms with E-state index in [-0.39, 0.29) is 5.63 Å². The molecule has 1 aromatic carbocycles. The van der Waals surface area contributed by atoms with Gasteiger partial charge < -0.3 is 24.5 Å². The molecule has 164 valence electrons. The van der Waals surface area contributed by atoms with Crippen molar-refractivity contribution in [2.45, 2.75) is 64.8 Å². The van der Waals surface area contributed by atoms with Crippen LogP contribution in [0.4, 0.5) is 0 Å². The highest BCUT2D eigenvalue weighted by Gasteiger charge is 2.30. The molecular weight excluding hydrogens is 384 g/mol. The number of allylic oxidation sites excluding steroid dienone is 2. The van der Waals surface area contributed by atoms with Crippen molar-refractivity contribution in [3.8, 4) is 5.75 Å². The van der Waals surface area contributed by atoms with Crippen molar-refractivity contribution >= 4 is 11.0 Å². The summed E-state index contributed by atoms with van der Waals surface area (Å²) in [4.78, 5) is 11.3. The first kappa shape index (κ1) is 23.9. The summed E-state index contributed by atoms with van der Waals surface area (Å²) in [5, 5.41) is 30.6. The zero-order valence-electron chi connectivity index (χ0n) is 18.1. The largest absolute Gasteiger partial charge is 0.489 e. The molecule has 30 heavy (non-hydrogen) atoms. The predicted octanol–water partition coefficient (Wildman–Crippen LogP) is 3.73. The molecule has 0 aliphatic carbocycles. The molecule has 0 fully saturated rings. The predicted molar refractivity (Wildman–Crippen MR) is 118 cm³/mol. The van der Waals surface area contributed by atoms with Gasteiger partial charge in [-0.3, -0.25) is 0 Å². The van der Waals surface area contributed by atoms with Crippen molar-refractivity contribution in [2.24, 2.45) is 0 Å². The molecule has 6 nitrogen and oxygen atoms in total. The first-order valence-corrected chi connectivity index (χ1v) is 10.1. The lowest BCUT2D eigenvalue weighted by Gasteiger charge is -2.28. The molecular formula is C24H32O6. The molecule has 2 rings (SSSR count). The van der Waals surface area contributed by atoms with Crippen LogP contribution in [-0.2, 0) is 0 Å². The lowest BCUT2D eigenvalue weighted by Crippen LogP contribution is -2.44. The SMILES string of the molecule is CC(=CCOc1ccc2ccc(=O)oc2c1)CCC=C(C)C[C@H](O)[C@H](O)C(C)(C)O. The lowest BCUT2D eigenvalue weighted by atomic mass is 9.93. The molecule has 0 saturated heterocycles. The Balaban J connectivity index is 1.80. The molecule has 0 bridgehead atoms. The summed E-state index contributed by atoms with van der Waals surface area (Å²) in [6, 6.07) is 8.50. The van der Waals surface area contributed by atoms with Crippen LogP contribution in [0.1, 0.15) is 47.0 Å². The molecule has 0 spiro atoms. The molecule has 0 aliphatic heterocycles. The van der Waals surface area contributed by atoms with E-state index in [0.717, 1.165) is 23.8 Å². The van der Waals surface area contributed by atoms with Crippen LogP contribution in [-0.4, -0.2) is 39.7 Å². The van der Waals surface area contributed by atoms with Crippen molar-refractivity contribution in [1.82, 2.24) is 0 Å². The van der Waals surface area contributed by atoms with Crippen LogP contribution in [0.15, 0.2) is 62.8 Å². The van der Waals surface area contributed by atoms with Gasteiger partial charge in [0.1, 0.15) is 24.0 Å². The molecule has 0 saturated carbocycles. The van der Waals surface area contributed by atoms with Crippen molar-refractivity contribution in [3.05, 3.63) is 64.1 Å². The van der Waals surface area contributed by atoms with E-state index in [2.05, 4.69) is 0 Å². The normalized spacial score (nSPS) is 15.3. The van der Waals surface area contributed by atoms with E-state index < -0.39 is 17.8 Å². The van der Waals surface area contributed by atoms with Crippen LogP contribution in [0.3, 0.4) is 0 Å². The Morgan fingerprint density at radius 1 is 1.13 bits per heavy atom. The molecule has 1 heterocycles. The van der Waals surface area contributed by atoms with Crippen LogP contribution < -0.4 is 10.4 Å². The van der Waals surface area contributed by atoms with Crippen molar-refractivity contribution < 1.29 is 24.5 Å². The summed E-state index contributed by atoms with van der Waals surface area (Å²) in [7, 11) is 0. The van der Waals surface area contributed by atoms with Crippen LogP contribution in [0, 0.1) is 0 Å². The lowest BCUT2D eigenvalue weighted by molar-refractivity contribution is -0.105. The average molecular weight is 417 g/mol. The molecule has 6 heteroatoms. The number of hydrogen-bond donors (Lipinski definition) is 3. The van der Waals surface area contributed by atoms with Crippen LogP contribution in [0.2, 0.25) is 0 Å². The zero-order valence-corrected chi connectivity index (χ0v) is 18.1. The van der Waals surface area contributed by atoms with Crippen molar-refractivity contribution in [1.29, 1.82) is 0 Å². The molecule has 0 unspecified atom stereocenters. The minimum Gasteiger partial charge on any atom is -0.489 e. The van der Waals surface area contributed by atoms with Gasteiger partial charge in [-0.15, -0.1) is 0 Å². The first-order chi connectivity index (χ1) is 14.1. The van der Waals surface area contributed by atoms with E-state index >= 15 is 0 Å². The van der Waals surface area contributed by atoms with E-state index in [0.29, 0.717) is 24.4 Å². The minimum atomic E-state index is -1.34. The molecule has 2 atom stereocenters. The number of rotatable bonds is 10. The second-order valence-corrected chi connectivity index (χ2v) is 8.27. The minimum absolute atomic E-state index is 0.315. The van der Waals surface area contributed by atoms with Gasteiger partial charge >= 0.3 is 5.63 Å². The summed E-state index contributed by atoms with van der Waals surface area (Å²) >= 11 is 0. The number of benzene rings is 1. The third kappa shape index (κ3) is 7.44. The van der Waals surface area contributed by atoms with E-state index in [1.54, 1.807) is 12.1 Å². The van der Waals surface area contributed by atoms with Gasteiger partial charge in [-0.25, -0.2) is 4.79 Å². The van der Waals surface area contributed by atoms with Crippen LogP contribution >= 0.6 is 0 Å². The third-order valence-electron chi connectivity index (χ3n) is 4.93. The Hall–Kier alpha value is -2.41. The molecule has 0 amide bonds. The smallest absolute Gasteiger partial charge is 0.336 e. The van der Waals surface area contributed by atoms with Gasteiger partial charge in [0.2, 0.25) is 0 Å². The van der Waals surface area contributed by atoms with Gasteiger partial charge in [-0.2, -0.15) is 0 Å². The molecule has 2 aromatic rings. The monoisotopic (exact) mass is 416 g/mol. The number of aliphatic hydroxyl groups is 3. The fraction of sp³-hybridized carbons (Fsp3) is 0.458. The maximum absolute atomic E-state index is 11.3. The van der Waals surface area contributed by atoms with E-state index in [9.17, 15) is 20.1 Å². The second-order valence-electron chi connectivity index (χ2n) is 8.27. The van der Waals surface area contributed by atoms with Crippen LogP contribution in [0.5, 0.6) is 5.75 Å². The maximum atomic E-state index is 11.3. The summed E-state index contributed by atoms with van der Waals surface area (Å²) in [5.41, 5.74) is 0.908. The van der Waals surface area contributed by atoms with Crippen LogP contribution in [0.25, 0.3) is 11.0 Å². The fourth-order valence-corrected chi connectivity index (χ4v) is 3.05. The highest BCUT2D eigenvalue weighted by Crippen LogP contribution is 2.20. The third-order valence-corrected chi connectivity index (χ3v) is 4.93. The first-order valence-electron chi connectivity index (χ1n) is 10.1. The van der Waals surface area contributed by atoms with Crippen molar-refractivity contribution in [3.63, 3.8) is 0 Å². The highest BCUT2D eigenvalue weighted by atomic mass is 16.5. The number of hydrogen-bond acceptors (Lipinski definition) is 6. The maximum Gasteiger partial charge on any atom is 0.336 e. The number of aliphatic hydroxyl groups excluding tert-OH is 2. The Morgan fingerprint density at radius 2 is 1.83 bits per heavy atom. The molecule has 3 N–H and O–H groups in total. The number of fused-ring (bicyclic) bond motifs is 1. The number of ether oxygens (including phenoxy) is 1. The van der Waals surface area contributed by atoms with Gasteiger partial charge in [0, 0.05) is 17.5 Å². The zero-order chi connectivity index (χ0) is 22.3. The van der Waals surface area contributed by atoms with Gasteiger partial charge in [0.25, 0.3) is 0 Å². The van der Waals surface area contributed by atoms with Gasteiger partial charge in [-0.05, 0) is 71.2 Å². The summed E-state index contributed by atoms with van der Waals surface area (Å²) in [5.74, 6) is 0.635. The van der Waals surface area contributed by atoms with Gasteiger partial charge in [-0.1, -0.05) is 17.2 Å². The van der Waals surface area contributed by atoms with Gasteiger partial charge in [0.15, 0.2) is 0 Å². The Morgan fingerprint density at radius 3 is 2.53 bits per heavy atom. The summed E-state index contributed by atoms with van der Waals surface area (Å²) in [6.07, 6.45) is 3.80.